The number of carbonyl (C=O) groups is 4. The van der Waals surface area contributed by atoms with Gasteiger partial charge in [0.1, 0.15) is 0 Å². The van der Waals surface area contributed by atoms with Crippen molar-refractivity contribution in [3.63, 3.8) is 0 Å². The molecule has 2 aromatic heterocycles. The lowest BCUT2D eigenvalue weighted by molar-refractivity contribution is -0.407. The molecule has 18 heteroatoms. The number of carbonyl (C=O) groups excluding carboxylic acids is 2. The number of hydrogen-bond donors (Lipinski definition) is 6. The second kappa shape index (κ2) is 14.0. The molecule has 10 N–H and O–H groups in total. The van der Waals surface area contributed by atoms with E-state index in [-0.39, 0.29) is 0 Å². The topological polar surface area (TPSA) is 267 Å². The molecule has 0 amide bonds. The van der Waals surface area contributed by atoms with Crippen LogP contribution in [0.4, 0.5) is 17.6 Å². The molecule has 3 rings (SSSR count). The van der Waals surface area contributed by atoms with E-state index in [4.69, 9.17) is 10.2 Å². The fourth-order valence-electron chi connectivity index (χ4n) is 2.51. The zero-order valence-electron chi connectivity index (χ0n) is 19.0. The number of aromatic carboxylic acids is 2. The van der Waals surface area contributed by atoms with Gasteiger partial charge in [-0.1, -0.05) is 0 Å². The van der Waals surface area contributed by atoms with Crippen LogP contribution in [0.1, 0.15) is 32.1 Å². The summed E-state index contributed by atoms with van der Waals surface area (Å²) in [5.41, 5.74) is 4.66. The van der Waals surface area contributed by atoms with Crippen LogP contribution < -0.4 is 21.7 Å². The maximum atomic E-state index is 12.8. The molecule has 0 radical (unpaired) electrons. The number of carboxylic acid groups (broad SMARTS) is 4. The van der Waals surface area contributed by atoms with E-state index >= 15 is 0 Å². The van der Waals surface area contributed by atoms with Crippen LogP contribution in [0.2, 0.25) is 0 Å². The third-order valence-electron chi connectivity index (χ3n) is 4.42. The summed E-state index contributed by atoms with van der Waals surface area (Å²) in [6, 6.07) is -1.20. The van der Waals surface area contributed by atoms with Crippen LogP contribution in [0, 0.1) is 23.3 Å². The lowest BCUT2D eigenvalue weighted by atomic mass is 10.1. The van der Waals surface area contributed by atoms with Crippen molar-refractivity contribution in [2.75, 3.05) is 0 Å². The maximum Gasteiger partial charge on any atom is 0.362 e. The monoisotopic (exact) mass is 548 g/mol. The van der Waals surface area contributed by atoms with Crippen molar-refractivity contribution < 1.29 is 68.6 Å². The van der Waals surface area contributed by atoms with Gasteiger partial charge >= 0.3 is 11.9 Å². The highest BCUT2D eigenvalue weighted by molar-refractivity contribution is 6.00. The highest BCUT2D eigenvalue weighted by Gasteiger charge is 2.26. The van der Waals surface area contributed by atoms with Crippen LogP contribution in [-0.2, 0) is 22.4 Å². The van der Waals surface area contributed by atoms with Crippen LogP contribution in [-0.4, -0.2) is 66.1 Å². The molecule has 38 heavy (non-hydrogen) atoms. The molecule has 14 nitrogen and oxygen atoms in total. The van der Waals surface area contributed by atoms with Crippen molar-refractivity contribution in [2.24, 2.45) is 0 Å². The standard InChI is InChI=1S/C8H2F4O4.2C6H9N3O2/c9-3-1(7(13)14)2(8(15)16)4(10)6(12)5(3)11;2*7-5(6(10)11)1-4-2-8-3-9-4/h(H,13,14)(H,15,16);2*2-3,5H,1,7H2,(H,8,9)(H,10,11)/t;2*5-/m.00/s1. The Labute approximate surface area is 208 Å². The Hall–Kier alpha value is -4.84. The molecule has 206 valence electrons. The van der Waals surface area contributed by atoms with Gasteiger partial charge in [0.05, 0.1) is 37.4 Å². The molecule has 0 saturated heterocycles. The Kier molecular flexibility index (Phi) is 11.5. The smallest absolute Gasteiger partial charge is 0.362 e. The van der Waals surface area contributed by atoms with Crippen molar-refractivity contribution >= 4 is 23.9 Å². The van der Waals surface area contributed by atoms with Crippen LogP contribution in [0.5, 0.6) is 0 Å². The zero-order chi connectivity index (χ0) is 29.2. The van der Waals surface area contributed by atoms with Crippen LogP contribution in [0.15, 0.2) is 25.0 Å². The van der Waals surface area contributed by atoms with Crippen molar-refractivity contribution in [2.45, 2.75) is 24.9 Å². The highest BCUT2D eigenvalue weighted by Crippen LogP contribution is 2.23. The summed E-state index contributed by atoms with van der Waals surface area (Å²) < 4.78 is 50.8. The van der Waals surface area contributed by atoms with Crippen LogP contribution >= 0.6 is 0 Å². The van der Waals surface area contributed by atoms with Gasteiger partial charge < -0.3 is 51.5 Å². The highest BCUT2D eigenvalue weighted by atomic mass is 19.2. The summed E-state index contributed by atoms with van der Waals surface area (Å²) in [7, 11) is 0. The van der Waals surface area contributed by atoms with Gasteiger partial charge in [-0.05, 0) is 0 Å². The number of benzene rings is 1. The number of carboxylic acids is 4. The van der Waals surface area contributed by atoms with E-state index in [1.54, 1.807) is 12.4 Å². The summed E-state index contributed by atoms with van der Waals surface area (Å²) in [6.07, 6.45) is 7.03. The van der Waals surface area contributed by atoms with Crippen molar-refractivity contribution in [1.82, 2.24) is 19.9 Å². The first kappa shape index (κ1) is 31.2. The molecule has 0 bridgehead atoms. The number of nitrogens with zero attached hydrogens (tertiary/aromatic N) is 2. The van der Waals surface area contributed by atoms with E-state index in [1.807, 2.05) is 0 Å². The molecular weight excluding hydrogens is 528 g/mol. The number of imidazole rings is 2. The number of hydrogen-bond acceptors (Lipinski definition) is 8. The minimum absolute atomic E-state index is 0.398. The molecule has 0 unspecified atom stereocenters. The van der Waals surface area contributed by atoms with Gasteiger partial charge in [-0.15, -0.1) is 0 Å². The van der Waals surface area contributed by atoms with Gasteiger partial charge in [0.2, 0.25) is 0 Å². The second-order valence-electron chi connectivity index (χ2n) is 7.21. The Morgan fingerprint density at radius 1 is 0.737 bits per heavy atom. The van der Waals surface area contributed by atoms with Crippen LogP contribution in [0.3, 0.4) is 0 Å². The number of quaternary nitrogens is 2. The van der Waals surface area contributed by atoms with E-state index in [0.717, 1.165) is 11.4 Å². The van der Waals surface area contributed by atoms with Crippen molar-refractivity contribution in [3.8, 4) is 0 Å². The van der Waals surface area contributed by atoms with Gasteiger partial charge in [0.25, 0.3) is 0 Å². The lowest BCUT2D eigenvalue weighted by Gasteiger charge is -2.14. The van der Waals surface area contributed by atoms with E-state index in [9.17, 15) is 47.0 Å². The summed E-state index contributed by atoms with van der Waals surface area (Å²) in [5.74, 6) is -16.4. The summed E-state index contributed by atoms with van der Waals surface area (Å²) in [5, 5.41) is 37.5. The Morgan fingerprint density at radius 2 is 1.05 bits per heavy atom. The SMILES string of the molecule is O=C([O-])c1c(F)c(F)c(F)c(F)c1C(=O)[O-].[NH3+][C@@H](Cc1cnc[nH]1)C(=O)O.[NH3+][C@@H](Cc1cnc[nH]1)C(=O)O. The molecule has 0 saturated carbocycles. The third-order valence-corrected chi connectivity index (χ3v) is 4.42. The molecule has 2 heterocycles. The predicted octanol–water partition coefficient (Wildman–Crippen LogP) is -3.74. The van der Waals surface area contributed by atoms with Gasteiger partial charge in [-0.25, -0.2) is 37.1 Å². The summed E-state index contributed by atoms with van der Waals surface area (Å²) >= 11 is 0. The van der Waals surface area contributed by atoms with Gasteiger partial charge in [-0.2, -0.15) is 0 Å². The Morgan fingerprint density at radius 3 is 1.26 bits per heavy atom. The molecule has 3 aromatic rings. The second-order valence-corrected chi connectivity index (χ2v) is 7.21. The fourth-order valence-corrected chi connectivity index (χ4v) is 2.51. The first-order valence-corrected chi connectivity index (χ1v) is 10.0. The number of nitrogens with one attached hydrogen (secondary N) is 2. The molecule has 1 aromatic carbocycles. The first-order chi connectivity index (χ1) is 17.7. The van der Waals surface area contributed by atoms with Crippen LogP contribution in [0.25, 0.3) is 0 Å². The number of aliphatic carboxylic acids is 2. The number of halogens is 4. The van der Waals surface area contributed by atoms with E-state index in [2.05, 4.69) is 31.4 Å². The van der Waals surface area contributed by atoms with Gasteiger partial charge in [0, 0.05) is 34.9 Å². The lowest BCUT2D eigenvalue weighted by Crippen LogP contribution is -2.66. The van der Waals surface area contributed by atoms with Crippen molar-refractivity contribution in [3.05, 3.63) is 70.8 Å². The van der Waals surface area contributed by atoms with Crippen molar-refractivity contribution in [1.29, 1.82) is 0 Å². The Bertz CT molecular complexity index is 1170. The Balaban J connectivity index is 0.000000293. The largest absolute Gasteiger partial charge is 0.545 e. The molecular formula is C20H20F4N6O8. The number of H-pyrrole nitrogens is 2. The average molecular weight is 548 g/mol. The first-order valence-electron chi connectivity index (χ1n) is 10.0. The molecule has 2 atom stereocenters. The number of aromatic nitrogens is 4. The van der Waals surface area contributed by atoms with Gasteiger partial charge in [0.15, 0.2) is 35.4 Å². The summed E-state index contributed by atoms with van der Waals surface area (Å²) in [4.78, 5) is 54.3. The average Bonchev–Trinajstić information content (AvgIpc) is 3.54. The molecule has 0 aliphatic carbocycles. The fraction of sp³-hybridized carbons (Fsp3) is 0.200. The van der Waals surface area contributed by atoms with E-state index < -0.39 is 70.4 Å². The minimum atomic E-state index is -2.51. The number of aromatic amines is 2. The predicted molar refractivity (Wildman–Crippen MR) is 108 cm³/mol. The van der Waals surface area contributed by atoms with Gasteiger partial charge in [-0.3, -0.25) is 0 Å². The maximum absolute atomic E-state index is 12.8. The summed E-state index contributed by atoms with van der Waals surface area (Å²) in [6.45, 7) is 0. The zero-order valence-corrected chi connectivity index (χ0v) is 19.0. The third kappa shape index (κ3) is 8.68. The minimum Gasteiger partial charge on any atom is -0.545 e. The molecule has 0 spiro atoms. The molecule has 0 fully saturated rings. The van der Waals surface area contributed by atoms with E-state index in [0.29, 0.717) is 12.8 Å². The van der Waals surface area contributed by atoms with E-state index in [1.165, 1.54) is 12.7 Å². The number of rotatable bonds is 8. The molecule has 0 aliphatic heterocycles. The normalized spacial score (nSPS) is 11.7. The quantitative estimate of drug-likeness (QED) is 0.0909. The molecule has 0 aliphatic rings.